The van der Waals surface area contributed by atoms with Crippen molar-refractivity contribution in [3.8, 4) is 17.2 Å². The SMILES string of the molecule is COC(=[OH+])c1cc(O)cc(Oc2ccc(SC)cc2)c1. The average molecular weight is 291 g/mol. The molecule has 0 spiro atoms. The molecule has 4 nitrogen and oxygen atoms in total. The summed E-state index contributed by atoms with van der Waals surface area (Å²) in [5.74, 6) is 0.780. The van der Waals surface area contributed by atoms with Gasteiger partial charge < -0.3 is 19.4 Å². The highest BCUT2D eigenvalue weighted by Crippen LogP contribution is 2.28. The summed E-state index contributed by atoms with van der Waals surface area (Å²) >= 11 is 1.65. The summed E-state index contributed by atoms with van der Waals surface area (Å²) in [7, 11) is 1.35. The molecule has 0 radical (unpaired) electrons. The van der Waals surface area contributed by atoms with E-state index >= 15 is 0 Å². The lowest BCUT2D eigenvalue weighted by atomic mass is 10.2. The second-order valence-corrected chi connectivity index (χ2v) is 4.88. The van der Waals surface area contributed by atoms with E-state index in [1.54, 1.807) is 17.8 Å². The number of ether oxygens (including phenoxy) is 2. The standard InChI is InChI=1S/C15H14O4S/c1-18-15(17)10-7-11(16)9-13(8-10)19-12-3-5-14(20-2)6-4-12/h3-9,16H,1-2H3/p+1. The zero-order valence-electron chi connectivity index (χ0n) is 11.2. The lowest BCUT2D eigenvalue weighted by molar-refractivity contribution is 0.356. The molecule has 0 saturated heterocycles. The Kier molecular flexibility index (Phi) is 4.53. The van der Waals surface area contributed by atoms with Crippen LogP contribution in [0.4, 0.5) is 0 Å². The van der Waals surface area contributed by atoms with Crippen LogP contribution >= 0.6 is 11.8 Å². The minimum absolute atomic E-state index is 0.0122. The van der Waals surface area contributed by atoms with E-state index < -0.39 is 0 Å². The van der Waals surface area contributed by atoms with Gasteiger partial charge in [-0.15, -0.1) is 11.8 Å². The van der Waals surface area contributed by atoms with Crippen molar-refractivity contribution in [2.24, 2.45) is 0 Å². The van der Waals surface area contributed by atoms with Crippen molar-refractivity contribution in [1.29, 1.82) is 0 Å². The van der Waals surface area contributed by atoms with Crippen molar-refractivity contribution >= 4 is 17.7 Å². The number of phenolic OH excluding ortho intramolecular Hbond substituents is 1. The van der Waals surface area contributed by atoms with Crippen LogP contribution in [0.1, 0.15) is 5.56 Å². The highest BCUT2D eigenvalue weighted by Gasteiger charge is 2.16. The first-order valence-corrected chi connectivity index (χ1v) is 7.11. The Bertz CT molecular complexity index is 608. The minimum atomic E-state index is -0.275. The van der Waals surface area contributed by atoms with Gasteiger partial charge in [-0.1, -0.05) is 0 Å². The Morgan fingerprint density at radius 2 is 1.80 bits per heavy atom. The summed E-state index contributed by atoms with van der Waals surface area (Å²) in [4.78, 5) is 10.7. The molecule has 0 saturated carbocycles. The molecule has 0 amide bonds. The van der Waals surface area contributed by atoms with E-state index in [9.17, 15) is 9.90 Å². The maximum Gasteiger partial charge on any atom is 0.517 e. The van der Waals surface area contributed by atoms with E-state index in [0.717, 1.165) is 4.90 Å². The van der Waals surface area contributed by atoms with Crippen LogP contribution in [0, 0.1) is 0 Å². The van der Waals surface area contributed by atoms with Crippen LogP contribution < -0.4 is 4.74 Å². The number of rotatable bonds is 4. The molecule has 2 rings (SSSR count). The van der Waals surface area contributed by atoms with Gasteiger partial charge in [0.25, 0.3) is 0 Å². The number of phenols is 1. The van der Waals surface area contributed by atoms with Crippen molar-refractivity contribution in [2.75, 3.05) is 13.4 Å². The van der Waals surface area contributed by atoms with Crippen molar-refractivity contribution in [3.05, 3.63) is 48.0 Å². The molecule has 0 aliphatic heterocycles. The van der Waals surface area contributed by atoms with Crippen LogP contribution in [-0.2, 0) is 4.74 Å². The number of carbonyl (C=O) groups excluding carboxylic acids is 1. The van der Waals surface area contributed by atoms with E-state index in [1.807, 2.05) is 30.5 Å². The maximum atomic E-state index is 9.64. The number of methoxy groups -OCH3 is 1. The van der Waals surface area contributed by atoms with Gasteiger partial charge in [-0.3, -0.25) is 0 Å². The Morgan fingerprint density at radius 1 is 1.10 bits per heavy atom. The van der Waals surface area contributed by atoms with Crippen molar-refractivity contribution < 1.29 is 19.4 Å². The van der Waals surface area contributed by atoms with Gasteiger partial charge >= 0.3 is 5.97 Å². The predicted molar refractivity (Wildman–Crippen MR) is 79.5 cm³/mol. The molecular weight excluding hydrogens is 276 g/mol. The summed E-state index contributed by atoms with van der Waals surface area (Å²) in [6, 6.07) is 12.0. The molecule has 0 aliphatic rings. The number of hydrogen-bond donors (Lipinski definition) is 1. The molecule has 0 aliphatic carbocycles. The minimum Gasteiger partial charge on any atom is -0.508 e. The first-order valence-electron chi connectivity index (χ1n) is 5.88. The third-order valence-corrected chi connectivity index (χ3v) is 3.37. The molecule has 2 aromatic carbocycles. The van der Waals surface area contributed by atoms with Gasteiger partial charge in [0, 0.05) is 23.1 Å². The van der Waals surface area contributed by atoms with E-state index in [0.29, 0.717) is 17.1 Å². The third kappa shape index (κ3) is 3.45. The summed E-state index contributed by atoms with van der Waals surface area (Å²) in [5, 5.41) is 9.64. The summed E-state index contributed by atoms with van der Waals surface area (Å²) < 4.78 is 10.4. The monoisotopic (exact) mass is 291 g/mol. The number of benzene rings is 2. The topological polar surface area (TPSA) is 60.1 Å². The summed E-state index contributed by atoms with van der Waals surface area (Å²) in [6.45, 7) is 0. The molecule has 0 unspecified atom stereocenters. The first kappa shape index (κ1) is 14.3. The quantitative estimate of drug-likeness (QED) is 0.533. The highest BCUT2D eigenvalue weighted by molar-refractivity contribution is 7.98. The van der Waals surface area contributed by atoms with Crippen molar-refractivity contribution in [3.63, 3.8) is 0 Å². The molecule has 5 heteroatoms. The zero-order chi connectivity index (χ0) is 14.5. The van der Waals surface area contributed by atoms with E-state index in [2.05, 4.69) is 0 Å². The molecule has 2 N–H and O–H groups in total. The number of esters is 1. The van der Waals surface area contributed by atoms with Gasteiger partial charge in [0.15, 0.2) is 7.11 Å². The van der Waals surface area contributed by atoms with Crippen LogP contribution in [0.2, 0.25) is 0 Å². The molecular formula is C15H15O4S+. The largest absolute Gasteiger partial charge is 0.517 e. The van der Waals surface area contributed by atoms with Gasteiger partial charge in [-0.05, 0) is 30.5 Å². The van der Waals surface area contributed by atoms with Gasteiger partial charge in [0.2, 0.25) is 0 Å². The lowest BCUT2D eigenvalue weighted by Gasteiger charge is -2.07. The second kappa shape index (κ2) is 6.34. The van der Waals surface area contributed by atoms with Crippen LogP contribution in [0.3, 0.4) is 0 Å². The fraction of sp³-hybridized carbons (Fsp3) is 0.133. The molecule has 2 aromatic rings. The van der Waals surface area contributed by atoms with Crippen molar-refractivity contribution in [1.82, 2.24) is 0 Å². The van der Waals surface area contributed by atoms with Crippen molar-refractivity contribution in [2.45, 2.75) is 4.90 Å². The molecule has 0 bridgehead atoms. The van der Waals surface area contributed by atoms with E-state index in [-0.39, 0.29) is 11.7 Å². The van der Waals surface area contributed by atoms with Gasteiger partial charge in [-0.2, -0.15) is 0 Å². The number of hydrogen-bond acceptors (Lipinski definition) is 4. The molecule has 104 valence electrons. The van der Waals surface area contributed by atoms with Gasteiger partial charge in [-0.25, -0.2) is 0 Å². The molecule has 0 atom stereocenters. The van der Waals surface area contributed by atoms with Crippen LogP contribution in [0.5, 0.6) is 17.2 Å². The van der Waals surface area contributed by atoms with Crippen LogP contribution in [-0.4, -0.2) is 29.2 Å². The van der Waals surface area contributed by atoms with E-state index in [4.69, 9.17) is 9.47 Å². The lowest BCUT2D eigenvalue weighted by Crippen LogP contribution is -2.02. The van der Waals surface area contributed by atoms with Gasteiger partial charge in [0.05, 0.1) is 0 Å². The Balaban J connectivity index is 2.23. The fourth-order valence-corrected chi connectivity index (χ4v) is 2.07. The average Bonchev–Trinajstić information content (AvgIpc) is 2.46. The Labute approximate surface area is 121 Å². The zero-order valence-corrected chi connectivity index (χ0v) is 12.0. The molecule has 20 heavy (non-hydrogen) atoms. The third-order valence-electron chi connectivity index (χ3n) is 2.63. The predicted octanol–water partition coefficient (Wildman–Crippen LogP) is 3.40. The molecule has 0 fully saturated rings. The Hall–Kier alpha value is -2.14. The molecule has 0 aromatic heterocycles. The van der Waals surface area contributed by atoms with Crippen LogP contribution in [0.15, 0.2) is 47.4 Å². The molecule has 0 heterocycles. The summed E-state index contributed by atoms with van der Waals surface area (Å²) in [5.41, 5.74) is 0.350. The first-order chi connectivity index (χ1) is 9.62. The van der Waals surface area contributed by atoms with Gasteiger partial charge in [0.1, 0.15) is 22.8 Å². The second-order valence-electron chi connectivity index (χ2n) is 4.00. The Morgan fingerprint density at radius 3 is 2.40 bits per heavy atom. The normalized spacial score (nSPS) is 10.1. The number of thioether (sulfide) groups is 1. The fourth-order valence-electron chi connectivity index (χ4n) is 1.66. The maximum absolute atomic E-state index is 9.64. The summed E-state index contributed by atoms with van der Waals surface area (Å²) in [6.07, 6.45) is 2.00. The number of aromatic hydroxyl groups is 1. The van der Waals surface area contributed by atoms with E-state index in [1.165, 1.54) is 19.2 Å². The smallest absolute Gasteiger partial charge is 0.508 e. The van der Waals surface area contributed by atoms with Crippen LogP contribution in [0.25, 0.3) is 0 Å². The highest BCUT2D eigenvalue weighted by atomic mass is 32.2.